The fourth-order valence-electron chi connectivity index (χ4n) is 6.64. The van der Waals surface area contributed by atoms with E-state index in [2.05, 4.69) is 24.3 Å². The monoisotopic (exact) mass is 519 g/mol. The molecule has 7 heteroatoms. The minimum absolute atomic E-state index is 0.0312. The fourth-order valence-corrected chi connectivity index (χ4v) is 6.64. The number of piperidine rings is 2. The first-order valence-electron chi connectivity index (χ1n) is 13.2. The second-order valence-corrected chi connectivity index (χ2v) is 10.6. The van der Waals surface area contributed by atoms with E-state index < -0.39 is 17.5 Å². The van der Waals surface area contributed by atoms with Crippen LogP contribution in [0.15, 0.2) is 60.7 Å². The summed E-state index contributed by atoms with van der Waals surface area (Å²) in [5.41, 5.74) is 4.49. The number of nitrogens with zero attached hydrogens (tertiary/aromatic N) is 1. The number of ketones is 1. The number of Topliss-reactive ketones (excluding diaryl/α,β-unsaturated/α-hetero) is 1. The molecule has 0 radical (unpaired) electrons. The third-order valence-electron chi connectivity index (χ3n) is 8.43. The fraction of sp³-hybridized carbons (Fsp3) is 0.355. The minimum Gasteiger partial charge on any atom is -0.448 e. The minimum atomic E-state index is -1.27. The summed E-state index contributed by atoms with van der Waals surface area (Å²) in [6.07, 6.45) is 2.77. The lowest BCUT2D eigenvalue weighted by atomic mass is 9.76. The second-order valence-electron chi connectivity index (χ2n) is 10.6. The predicted octanol–water partition coefficient (Wildman–Crippen LogP) is 6.80. The average Bonchev–Trinajstić information content (AvgIpc) is 3.23. The molecular weight excluding hydrogens is 491 g/mol. The van der Waals surface area contributed by atoms with Crippen molar-refractivity contribution < 1.29 is 27.5 Å². The zero-order valence-electron chi connectivity index (χ0n) is 20.8. The van der Waals surface area contributed by atoms with Crippen LogP contribution in [-0.2, 0) is 16.0 Å². The van der Waals surface area contributed by atoms with Gasteiger partial charge in [0.05, 0.1) is 0 Å². The maximum Gasteiger partial charge on any atom is 0.410 e. The van der Waals surface area contributed by atoms with Crippen LogP contribution in [0.5, 0.6) is 0 Å². The highest BCUT2D eigenvalue weighted by atomic mass is 19.2. The van der Waals surface area contributed by atoms with Gasteiger partial charge in [-0.15, -0.1) is 0 Å². The van der Waals surface area contributed by atoms with Gasteiger partial charge in [-0.3, -0.25) is 4.79 Å². The first-order valence-corrected chi connectivity index (χ1v) is 13.2. The Bertz CT molecular complexity index is 1350. The Morgan fingerprint density at radius 2 is 1.39 bits per heavy atom. The van der Waals surface area contributed by atoms with Crippen molar-refractivity contribution in [2.75, 3.05) is 6.61 Å². The molecule has 196 valence electrons. The molecule has 2 aliphatic heterocycles. The maximum absolute atomic E-state index is 14.1. The molecule has 3 aromatic carbocycles. The molecule has 2 saturated heterocycles. The Balaban J connectivity index is 1.13. The summed E-state index contributed by atoms with van der Waals surface area (Å²) in [5, 5.41) is 0. The summed E-state index contributed by atoms with van der Waals surface area (Å²) in [5.74, 6) is -3.97. The van der Waals surface area contributed by atoms with Gasteiger partial charge in [0.2, 0.25) is 0 Å². The van der Waals surface area contributed by atoms with E-state index in [1.165, 1.54) is 0 Å². The van der Waals surface area contributed by atoms with Crippen LogP contribution in [0.25, 0.3) is 11.1 Å². The van der Waals surface area contributed by atoms with Crippen LogP contribution < -0.4 is 0 Å². The lowest BCUT2D eigenvalue weighted by molar-refractivity contribution is -0.126. The Hall–Kier alpha value is -3.61. The normalized spacial score (nSPS) is 22.1. The van der Waals surface area contributed by atoms with Gasteiger partial charge in [0, 0.05) is 36.4 Å². The van der Waals surface area contributed by atoms with E-state index in [-0.39, 0.29) is 54.4 Å². The van der Waals surface area contributed by atoms with E-state index in [1.807, 2.05) is 24.3 Å². The van der Waals surface area contributed by atoms with E-state index in [1.54, 1.807) is 4.90 Å². The Morgan fingerprint density at radius 1 is 0.816 bits per heavy atom. The highest BCUT2D eigenvalue weighted by Gasteiger charge is 2.44. The Labute approximate surface area is 219 Å². The van der Waals surface area contributed by atoms with Crippen LogP contribution >= 0.6 is 0 Å². The lowest BCUT2D eigenvalue weighted by Gasteiger charge is -2.47. The first-order chi connectivity index (χ1) is 18.4. The molecule has 1 aliphatic carbocycles. The van der Waals surface area contributed by atoms with Crippen LogP contribution in [0.3, 0.4) is 0 Å². The number of rotatable bonds is 5. The van der Waals surface area contributed by atoms with E-state index >= 15 is 0 Å². The van der Waals surface area contributed by atoms with E-state index in [4.69, 9.17) is 4.74 Å². The number of carbonyl (C=O) groups excluding carboxylic acids is 2. The van der Waals surface area contributed by atoms with Gasteiger partial charge in [0.25, 0.3) is 0 Å². The first kappa shape index (κ1) is 24.7. The summed E-state index contributed by atoms with van der Waals surface area (Å²) in [6, 6.07) is 17.3. The third kappa shape index (κ3) is 4.38. The van der Waals surface area contributed by atoms with Crippen molar-refractivity contribution >= 4 is 11.9 Å². The SMILES string of the molecule is O=C(Cc1cc(F)c(F)cc1F)C1CC2CCCC(C1)N2C(=O)OCC1c2ccccc2-c2ccccc21. The largest absolute Gasteiger partial charge is 0.448 e. The summed E-state index contributed by atoms with van der Waals surface area (Å²) in [4.78, 5) is 28.2. The van der Waals surface area contributed by atoms with Crippen LogP contribution in [0.4, 0.5) is 18.0 Å². The van der Waals surface area contributed by atoms with Crippen LogP contribution in [0, 0.1) is 23.4 Å². The summed E-state index contributed by atoms with van der Waals surface area (Å²) in [6.45, 7) is 0.237. The molecule has 2 bridgehead atoms. The molecule has 0 saturated carbocycles. The van der Waals surface area contributed by atoms with E-state index in [0.717, 1.165) is 47.6 Å². The molecule has 3 aromatic rings. The van der Waals surface area contributed by atoms with Gasteiger partial charge in [0.15, 0.2) is 11.6 Å². The molecule has 0 spiro atoms. The Kier molecular flexibility index (Phi) is 6.46. The number of fused-ring (bicyclic) bond motifs is 5. The maximum atomic E-state index is 14.1. The van der Waals surface area contributed by atoms with Gasteiger partial charge in [-0.2, -0.15) is 0 Å². The molecule has 0 aromatic heterocycles. The third-order valence-corrected chi connectivity index (χ3v) is 8.43. The molecule has 2 heterocycles. The predicted molar refractivity (Wildman–Crippen MR) is 136 cm³/mol. The van der Waals surface area contributed by atoms with E-state index in [9.17, 15) is 22.8 Å². The van der Waals surface area contributed by atoms with Gasteiger partial charge in [-0.1, -0.05) is 48.5 Å². The Morgan fingerprint density at radius 3 is 2.03 bits per heavy atom. The molecule has 38 heavy (non-hydrogen) atoms. The number of hydrogen-bond donors (Lipinski definition) is 0. The molecule has 4 nitrogen and oxygen atoms in total. The standard InChI is InChI=1S/C31H28F3NO3/c32-27-16-29(34)28(33)14-18(27)15-30(36)19-12-20-6-5-7-21(13-19)35(20)31(37)38-17-26-24-10-3-1-8-22(24)23-9-2-4-11-25(23)26/h1-4,8-11,14,16,19-21,26H,5-7,12-13,15,17H2. The van der Waals surface area contributed by atoms with Crippen molar-refractivity contribution in [3.05, 3.63) is 94.8 Å². The van der Waals surface area contributed by atoms with Crippen molar-refractivity contribution in [3.8, 4) is 11.1 Å². The van der Waals surface area contributed by atoms with Gasteiger partial charge >= 0.3 is 6.09 Å². The number of amides is 1. The highest BCUT2D eigenvalue weighted by Crippen LogP contribution is 2.45. The number of benzene rings is 3. The average molecular weight is 520 g/mol. The molecule has 1 amide bonds. The molecule has 2 atom stereocenters. The topological polar surface area (TPSA) is 46.6 Å². The lowest BCUT2D eigenvalue weighted by Crippen LogP contribution is -2.56. The van der Waals surface area contributed by atoms with Crippen LogP contribution in [0.1, 0.15) is 54.7 Å². The highest BCUT2D eigenvalue weighted by molar-refractivity contribution is 5.84. The number of carbonyl (C=O) groups is 2. The van der Waals surface area contributed by atoms with Gasteiger partial charge in [-0.25, -0.2) is 18.0 Å². The molecule has 6 rings (SSSR count). The number of hydrogen-bond acceptors (Lipinski definition) is 3. The summed E-state index contributed by atoms with van der Waals surface area (Å²) >= 11 is 0. The summed E-state index contributed by atoms with van der Waals surface area (Å²) in [7, 11) is 0. The molecule has 0 N–H and O–H groups in total. The van der Waals surface area contributed by atoms with Crippen molar-refractivity contribution in [1.82, 2.24) is 4.90 Å². The number of ether oxygens (including phenoxy) is 1. The zero-order valence-corrected chi connectivity index (χ0v) is 20.8. The number of halogens is 3. The van der Waals surface area contributed by atoms with Gasteiger partial charge < -0.3 is 9.64 Å². The van der Waals surface area contributed by atoms with Gasteiger partial charge in [-0.05, 0) is 66.0 Å². The van der Waals surface area contributed by atoms with Crippen LogP contribution in [0.2, 0.25) is 0 Å². The van der Waals surface area contributed by atoms with Crippen molar-refractivity contribution in [2.45, 2.75) is 56.5 Å². The zero-order chi connectivity index (χ0) is 26.4. The van der Waals surface area contributed by atoms with Crippen molar-refractivity contribution in [1.29, 1.82) is 0 Å². The van der Waals surface area contributed by atoms with E-state index in [0.29, 0.717) is 18.9 Å². The molecular formula is C31H28F3NO3. The van der Waals surface area contributed by atoms with Crippen molar-refractivity contribution in [2.24, 2.45) is 5.92 Å². The molecule has 3 aliphatic rings. The smallest absolute Gasteiger partial charge is 0.410 e. The van der Waals surface area contributed by atoms with Crippen LogP contribution in [-0.4, -0.2) is 35.5 Å². The quantitative estimate of drug-likeness (QED) is 0.349. The van der Waals surface area contributed by atoms with Gasteiger partial charge in [0.1, 0.15) is 18.2 Å². The summed E-state index contributed by atoms with van der Waals surface area (Å²) < 4.78 is 47.0. The second kappa shape index (κ2) is 9.93. The van der Waals surface area contributed by atoms with Crippen molar-refractivity contribution in [3.63, 3.8) is 0 Å². The molecule has 2 fully saturated rings. The molecule has 2 unspecified atom stereocenters.